The van der Waals surface area contributed by atoms with Gasteiger partial charge in [0.2, 0.25) is 0 Å². The second kappa shape index (κ2) is 8.98. The number of carboxylic acids is 1. The van der Waals surface area contributed by atoms with Gasteiger partial charge in [-0.3, -0.25) is 19.7 Å². The molecule has 1 unspecified atom stereocenters. The summed E-state index contributed by atoms with van der Waals surface area (Å²) >= 11 is 0. The molecule has 2 aromatic rings. The average molecular weight is 386 g/mol. The van der Waals surface area contributed by atoms with E-state index in [0.29, 0.717) is 17.9 Å². The highest BCUT2D eigenvalue weighted by molar-refractivity contribution is 5.99. The van der Waals surface area contributed by atoms with Crippen LogP contribution in [0, 0.1) is 10.1 Å². The molecule has 8 heteroatoms. The highest BCUT2D eigenvalue weighted by Crippen LogP contribution is 2.29. The topological polar surface area (TPSA) is 119 Å². The Labute approximate surface area is 162 Å². The van der Waals surface area contributed by atoms with Crippen molar-refractivity contribution in [3.63, 3.8) is 0 Å². The number of nitro benzene ring substituents is 1. The van der Waals surface area contributed by atoms with Crippen LogP contribution in [0.3, 0.4) is 0 Å². The molecule has 0 radical (unpaired) electrons. The Balaban J connectivity index is 2.34. The monoisotopic (exact) mass is 386 g/mol. The van der Waals surface area contributed by atoms with Gasteiger partial charge in [-0.2, -0.15) is 0 Å². The molecule has 8 nitrogen and oxygen atoms in total. The molecule has 2 N–H and O–H groups in total. The first-order valence-electron chi connectivity index (χ1n) is 8.84. The third-order valence-electron chi connectivity index (χ3n) is 4.61. The van der Waals surface area contributed by atoms with E-state index in [-0.39, 0.29) is 24.2 Å². The van der Waals surface area contributed by atoms with Gasteiger partial charge in [0.1, 0.15) is 16.7 Å². The number of nitro groups is 1. The van der Waals surface area contributed by atoms with Crippen LogP contribution in [0.5, 0.6) is 5.75 Å². The molecule has 2 rings (SSSR count). The van der Waals surface area contributed by atoms with Gasteiger partial charge < -0.3 is 15.2 Å². The molecule has 0 bridgehead atoms. The predicted octanol–water partition coefficient (Wildman–Crippen LogP) is 3.16. The minimum atomic E-state index is -1.34. The van der Waals surface area contributed by atoms with E-state index in [9.17, 15) is 24.8 Å². The molecule has 0 spiro atoms. The van der Waals surface area contributed by atoms with Crippen LogP contribution in [0.1, 0.15) is 36.2 Å². The van der Waals surface area contributed by atoms with Gasteiger partial charge in [0, 0.05) is 12.6 Å². The standard InChI is InChI=1S/C20H22N2O6/c1-3-20(19(24)25,14-8-6-5-7-9-14)13-21-18(23)16-12-15(28-4-2)10-11-17(16)22(26)27/h5-12H,3-4,13H2,1-2H3,(H,21,23)(H,24,25). The fraction of sp³-hybridized carbons (Fsp3) is 0.300. The lowest BCUT2D eigenvalue weighted by Crippen LogP contribution is -2.46. The van der Waals surface area contributed by atoms with Gasteiger partial charge in [-0.1, -0.05) is 37.3 Å². The zero-order valence-corrected chi connectivity index (χ0v) is 15.7. The highest BCUT2D eigenvalue weighted by Gasteiger charge is 2.39. The van der Waals surface area contributed by atoms with E-state index in [4.69, 9.17) is 4.74 Å². The van der Waals surface area contributed by atoms with Crippen molar-refractivity contribution in [3.8, 4) is 5.75 Å². The fourth-order valence-electron chi connectivity index (χ4n) is 2.98. The minimum absolute atomic E-state index is 0.181. The van der Waals surface area contributed by atoms with Gasteiger partial charge >= 0.3 is 5.97 Å². The summed E-state index contributed by atoms with van der Waals surface area (Å²) in [5, 5.41) is 23.7. The van der Waals surface area contributed by atoms with Gasteiger partial charge in [0.25, 0.3) is 11.6 Å². The molecule has 0 saturated carbocycles. The van der Waals surface area contributed by atoms with Crippen LogP contribution in [0.2, 0.25) is 0 Å². The molecular formula is C20H22N2O6. The summed E-state index contributed by atoms with van der Waals surface area (Å²) in [6, 6.07) is 12.5. The molecule has 0 aliphatic rings. The molecule has 0 heterocycles. The third-order valence-corrected chi connectivity index (χ3v) is 4.61. The number of hydrogen-bond donors (Lipinski definition) is 2. The van der Waals surface area contributed by atoms with E-state index >= 15 is 0 Å². The maximum Gasteiger partial charge on any atom is 0.315 e. The SMILES string of the molecule is CCOc1ccc([N+](=O)[O-])c(C(=O)NCC(CC)(C(=O)O)c2ccccc2)c1. The van der Waals surface area contributed by atoms with Gasteiger partial charge in [-0.05, 0) is 31.0 Å². The Morgan fingerprint density at radius 2 is 1.86 bits per heavy atom. The van der Waals surface area contributed by atoms with E-state index in [2.05, 4.69) is 5.32 Å². The lowest BCUT2D eigenvalue weighted by atomic mass is 9.78. The van der Waals surface area contributed by atoms with Crippen molar-refractivity contribution in [1.29, 1.82) is 0 Å². The Morgan fingerprint density at radius 1 is 1.18 bits per heavy atom. The third kappa shape index (κ3) is 4.28. The first-order chi connectivity index (χ1) is 13.4. The summed E-state index contributed by atoms with van der Waals surface area (Å²) in [5.41, 5.74) is -1.36. The Morgan fingerprint density at radius 3 is 2.39 bits per heavy atom. The van der Waals surface area contributed by atoms with Crippen LogP contribution in [0.25, 0.3) is 0 Å². The fourth-order valence-corrected chi connectivity index (χ4v) is 2.98. The first kappa shape index (κ1) is 20.9. The smallest absolute Gasteiger partial charge is 0.315 e. The van der Waals surface area contributed by atoms with Crippen molar-refractivity contribution in [2.75, 3.05) is 13.2 Å². The van der Waals surface area contributed by atoms with Gasteiger partial charge in [-0.25, -0.2) is 0 Å². The van der Waals surface area contributed by atoms with Crippen LogP contribution in [-0.2, 0) is 10.2 Å². The average Bonchev–Trinajstić information content (AvgIpc) is 2.69. The molecular weight excluding hydrogens is 364 g/mol. The molecule has 2 aromatic carbocycles. The number of aliphatic carboxylic acids is 1. The predicted molar refractivity (Wildman–Crippen MR) is 103 cm³/mol. The van der Waals surface area contributed by atoms with Crippen molar-refractivity contribution < 1.29 is 24.4 Å². The van der Waals surface area contributed by atoms with Gasteiger partial charge in [-0.15, -0.1) is 0 Å². The van der Waals surface area contributed by atoms with E-state index in [1.54, 1.807) is 44.2 Å². The number of ether oxygens (including phenoxy) is 1. The normalized spacial score (nSPS) is 12.6. The quantitative estimate of drug-likeness (QED) is 0.505. The molecule has 1 amide bonds. The maximum absolute atomic E-state index is 12.7. The van der Waals surface area contributed by atoms with Crippen molar-refractivity contribution in [2.45, 2.75) is 25.7 Å². The Bertz CT molecular complexity index is 868. The number of nitrogens with zero attached hydrogens (tertiary/aromatic N) is 1. The van der Waals surface area contributed by atoms with Crippen LogP contribution in [0.15, 0.2) is 48.5 Å². The zero-order chi connectivity index (χ0) is 20.7. The second-order valence-electron chi connectivity index (χ2n) is 6.16. The number of hydrogen-bond acceptors (Lipinski definition) is 5. The molecule has 1 atom stereocenters. The number of rotatable bonds is 9. The number of carbonyl (C=O) groups is 2. The molecule has 0 aromatic heterocycles. The summed E-state index contributed by atoms with van der Waals surface area (Å²) in [4.78, 5) is 35.3. The number of amides is 1. The molecule has 148 valence electrons. The van der Waals surface area contributed by atoms with E-state index in [1.807, 2.05) is 0 Å². The van der Waals surface area contributed by atoms with Crippen LogP contribution in [0.4, 0.5) is 5.69 Å². The van der Waals surface area contributed by atoms with E-state index < -0.39 is 22.2 Å². The largest absolute Gasteiger partial charge is 0.494 e. The lowest BCUT2D eigenvalue weighted by molar-refractivity contribution is -0.385. The molecule has 0 fully saturated rings. The first-order valence-corrected chi connectivity index (χ1v) is 8.84. The second-order valence-corrected chi connectivity index (χ2v) is 6.16. The number of carbonyl (C=O) groups excluding carboxylic acids is 1. The Hall–Kier alpha value is -3.42. The lowest BCUT2D eigenvalue weighted by Gasteiger charge is -2.29. The highest BCUT2D eigenvalue weighted by atomic mass is 16.6. The molecule has 28 heavy (non-hydrogen) atoms. The van der Waals surface area contributed by atoms with E-state index in [1.165, 1.54) is 18.2 Å². The summed E-state index contributed by atoms with van der Waals surface area (Å²) < 4.78 is 5.31. The van der Waals surface area contributed by atoms with E-state index in [0.717, 1.165) is 0 Å². The Kier molecular flexibility index (Phi) is 6.70. The van der Waals surface area contributed by atoms with Crippen molar-refractivity contribution in [2.24, 2.45) is 0 Å². The van der Waals surface area contributed by atoms with Crippen molar-refractivity contribution >= 4 is 17.6 Å². The number of carboxylic acid groups (broad SMARTS) is 1. The van der Waals surface area contributed by atoms with Gasteiger partial charge in [0.05, 0.1) is 11.5 Å². The van der Waals surface area contributed by atoms with Crippen LogP contribution in [-0.4, -0.2) is 35.1 Å². The summed E-state index contributed by atoms with van der Waals surface area (Å²) in [5.74, 6) is -1.50. The van der Waals surface area contributed by atoms with Crippen molar-refractivity contribution in [3.05, 3.63) is 69.8 Å². The van der Waals surface area contributed by atoms with Crippen LogP contribution < -0.4 is 10.1 Å². The minimum Gasteiger partial charge on any atom is -0.494 e. The summed E-state index contributed by atoms with van der Waals surface area (Å²) in [6.45, 7) is 3.59. The number of nitrogens with one attached hydrogen (secondary N) is 1. The van der Waals surface area contributed by atoms with Crippen molar-refractivity contribution in [1.82, 2.24) is 5.32 Å². The molecule has 0 aliphatic carbocycles. The molecule has 0 saturated heterocycles. The maximum atomic E-state index is 12.7. The van der Waals surface area contributed by atoms with Gasteiger partial charge in [0.15, 0.2) is 0 Å². The van der Waals surface area contributed by atoms with Crippen LogP contribution >= 0.6 is 0 Å². The number of benzene rings is 2. The zero-order valence-electron chi connectivity index (χ0n) is 15.7. The summed E-state index contributed by atoms with van der Waals surface area (Å²) in [7, 11) is 0. The summed E-state index contributed by atoms with van der Waals surface area (Å²) in [6.07, 6.45) is 0.230. The molecule has 0 aliphatic heterocycles.